The van der Waals surface area contributed by atoms with Crippen LogP contribution in [0.2, 0.25) is 0 Å². The van der Waals surface area contributed by atoms with E-state index in [0.29, 0.717) is 12.3 Å². The molecule has 1 aliphatic rings. The van der Waals surface area contributed by atoms with Gasteiger partial charge in [0.15, 0.2) is 11.5 Å². The van der Waals surface area contributed by atoms with Crippen LogP contribution in [0.3, 0.4) is 0 Å². The predicted molar refractivity (Wildman–Crippen MR) is 89.9 cm³/mol. The van der Waals surface area contributed by atoms with Crippen LogP contribution in [0, 0.1) is 0 Å². The van der Waals surface area contributed by atoms with Gasteiger partial charge in [-0.05, 0) is 54.8 Å². The second kappa shape index (κ2) is 6.60. The summed E-state index contributed by atoms with van der Waals surface area (Å²) in [6.07, 6.45) is 2.59. The van der Waals surface area contributed by atoms with E-state index in [-0.39, 0.29) is 5.75 Å². The van der Waals surface area contributed by atoms with Crippen molar-refractivity contribution in [2.24, 2.45) is 0 Å². The van der Waals surface area contributed by atoms with E-state index in [4.69, 9.17) is 4.74 Å². The Balaban J connectivity index is 1.60. The Morgan fingerprint density at radius 1 is 1.09 bits per heavy atom. The predicted octanol–water partition coefficient (Wildman–Crippen LogP) is 3.61. The molecule has 0 unspecified atom stereocenters. The van der Waals surface area contributed by atoms with Gasteiger partial charge in [-0.1, -0.05) is 6.07 Å². The van der Waals surface area contributed by atoms with Crippen molar-refractivity contribution in [3.8, 4) is 11.5 Å². The number of phenols is 1. The van der Waals surface area contributed by atoms with Crippen LogP contribution in [0.4, 0.5) is 11.4 Å². The summed E-state index contributed by atoms with van der Waals surface area (Å²) in [6, 6.07) is 14.0. The van der Waals surface area contributed by atoms with Gasteiger partial charge in [-0.3, -0.25) is 0 Å². The molecule has 1 saturated heterocycles. The lowest BCUT2D eigenvalue weighted by Gasteiger charge is -2.18. The minimum absolute atomic E-state index is 0.172. The molecule has 0 spiro atoms. The van der Waals surface area contributed by atoms with Crippen molar-refractivity contribution < 1.29 is 9.84 Å². The molecule has 1 aliphatic heterocycles. The molecule has 1 fully saturated rings. The van der Waals surface area contributed by atoms with Crippen LogP contribution in [0.5, 0.6) is 11.5 Å². The standard InChI is InChI=1S/C18H22N2O2/c1-22-18-9-4-14(12-17(18)21)13-19-15-5-7-16(8-6-15)20-10-2-3-11-20/h4-9,12,19,21H,2-3,10-11,13H2,1H3. The number of aromatic hydroxyl groups is 1. The van der Waals surface area contributed by atoms with E-state index in [2.05, 4.69) is 34.5 Å². The first-order chi connectivity index (χ1) is 10.8. The van der Waals surface area contributed by atoms with E-state index < -0.39 is 0 Å². The number of hydrogen-bond donors (Lipinski definition) is 2. The fourth-order valence-corrected chi connectivity index (χ4v) is 2.82. The third-order valence-corrected chi connectivity index (χ3v) is 4.08. The number of methoxy groups -OCH3 is 1. The van der Waals surface area contributed by atoms with E-state index >= 15 is 0 Å². The summed E-state index contributed by atoms with van der Waals surface area (Å²) in [7, 11) is 1.55. The average molecular weight is 298 g/mol. The van der Waals surface area contributed by atoms with Gasteiger partial charge in [-0.25, -0.2) is 0 Å². The highest BCUT2D eigenvalue weighted by Gasteiger charge is 2.11. The summed E-state index contributed by atoms with van der Waals surface area (Å²) in [4.78, 5) is 2.42. The van der Waals surface area contributed by atoms with Crippen LogP contribution < -0.4 is 15.0 Å². The summed E-state index contributed by atoms with van der Waals surface area (Å²) in [5.74, 6) is 0.671. The Labute approximate surface area is 131 Å². The molecule has 2 aromatic rings. The lowest BCUT2D eigenvalue weighted by molar-refractivity contribution is 0.373. The van der Waals surface area contributed by atoms with Crippen molar-refractivity contribution >= 4 is 11.4 Å². The first-order valence-corrected chi connectivity index (χ1v) is 7.71. The maximum Gasteiger partial charge on any atom is 0.160 e. The van der Waals surface area contributed by atoms with Gasteiger partial charge in [-0.2, -0.15) is 0 Å². The van der Waals surface area contributed by atoms with Gasteiger partial charge >= 0.3 is 0 Å². The van der Waals surface area contributed by atoms with Crippen LogP contribution in [0.25, 0.3) is 0 Å². The lowest BCUT2D eigenvalue weighted by atomic mass is 10.2. The zero-order valence-electron chi connectivity index (χ0n) is 12.9. The SMILES string of the molecule is COc1ccc(CNc2ccc(N3CCCC3)cc2)cc1O. The molecule has 0 aromatic heterocycles. The molecule has 0 bridgehead atoms. The molecule has 4 nitrogen and oxygen atoms in total. The fraction of sp³-hybridized carbons (Fsp3) is 0.333. The maximum absolute atomic E-state index is 9.79. The normalized spacial score (nSPS) is 14.1. The van der Waals surface area contributed by atoms with Crippen LogP contribution >= 0.6 is 0 Å². The Bertz CT molecular complexity index is 619. The molecule has 2 aromatic carbocycles. The Kier molecular flexibility index (Phi) is 4.37. The summed E-state index contributed by atoms with van der Waals surface area (Å²) in [5, 5.41) is 13.2. The van der Waals surface area contributed by atoms with Gasteiger partial charge in [0, 0.05) is 31.0 Å². The zero-order chi connectivity index (χ0) is 15.4. The highest BCUT2D eigenvalue weighted by Crippen LogP contribution is 2.27. The largest absolute Gasteiger partial charge is 0.504 e. The van der Waals surface area contributed by atoms with Crippen LogP contribution in [0.1, 0.15) is 18.4 Å². The van der Waals surface area contributed by atoms with E-state index in [9.17, 15) is 5.11 Å². The Morgan fingerprint density at radius 2 is 1.82 bits per heavy atom. The molecule has 0 aliphatic carbocycles. The molecule has 0 amide bonds. The van der Waals surface area contributed by atoms with E-state index in [1.807, 2.05) is 6.07 Å². The van der Waals surface area contributed by atoms with E-state index in [1.54, 1.807) is 19.2 Å². The molecule has 4 heteroatoms. The number of rotatable bonds is 5. The van der Waals surface area contributed by atoms with Crippen molar-refractivity contribution in [3.05, 3.63) is 48.0 Å². The first-order valence-electron chi connectivity index (χ1n) is 7.71. The highest BCUT2D eigenvalue weighted by molar-refractivity contribution is 5.55. The average Bonchev–Trinajstić information content (AvgIpc) is 3.08. The topological polar surface area (TPSA) is 44.7 Å². The third-order valence-electron chi connectivity index (χ3n) is 4.08. The molecule has 0 saturated carbocycles. The van der Waals surface area contributed by atoms with Gasteiger partial charge in [0.05, 0.1) is 7.11 Å². The second-order valence-corrected chi connectivity index (χ2v) is 5.60. The van der Waals surface area contributed by atoms with Crippen molar-refractivity contribution in [1.29, 1.82) is 0 Å². The van der Waals surface area contributed by atoms with E-state index in [1.165, 1.54) is 18.5 Å². The summed E-state index contributed by atoms with van der Waals surface area (Å²) in [5.41, 5.74) is 3.39. The van der Waals surface area contributed by atoms with Gasteiger partial charge in [0.1, 0.15) is 0 Å². The second-order valence-electron chi connectivity index (χ2n) is 5.60. The smallest absolute Gasteiger partial charge is 0.160 e. The Hall–Kier alpha value is -2.36. The molecule has 1 heterocycles. The van der Waals surface area contributed by atoms with Crippen molar-refractivity contribution in [3.63, 3.8) is 0 Å². The molecule has 22 heavy (non-hydrogen) atoms. The minimum atomic E-state index is 0.172. The quantitative estimate of drug-likeness (QED) is 0.885. The number of anilines is 2. The molecule has 3 rings (SSSR count). The van der Waals surface area contributed by atoms with Gasteiger partial charge in [-0.15, -0.1) is 0 Å². The van der Waals surface area contributed by atoms with E-state index in [0.717, 1.165) is 24.3 Å². The fourth-order valence-electron chi connectivity index (χ4n) is 2.82. The highest BCUT2D eigenvalue weighted by atomic mass is 16.5. The number of nitrogens with zero attached hydrogens (tertiary/aromatic N) is 1. The molecule has 0 radical (unpaired) electrons. The lowest BCUT2D eigenvalue weighted by Crippen LogP contribution is -2.17. The molecule has 0 atom stereocenters. The zero-order valence-corrected chi connectivity index (χ0v) is 12.9. The van der Waals surface area contributed by atoms with Crippen molar-refractivity contribution in [2.75, 3.05) is 30.4 Å². The monoisotopic (exact) mass is 298 g/mol. The molecule has 2 N–H and O–H groups in total. The van der Waals surface area contributed by atoms with Crippen LogP contribution in [0.15, 0.2) is 42.5 Å². The van der Waals surface area contributed by atoms with Gasteiger partial charge in [0.25, 0.3) is 0 Å². The van der Waals surface area contributed by atoms with Crippen LogP contribution in [-0.2, 0) is 6.54 Å². The Morgan fingerprint density at radius 3 is 2.45 bits per heavy atom. The van der Waals surface area contributed by atoms with Gasteiger partial charge < -0.3 is 20.1 Å². The number of benzene rings is 2. The first kappa shape index (κ1) is 14.6. The number of hydrogen-bond acceptors (Lipinski definition) is 4. The molecular weight excluding hydrogens is 276 g/mol. The van der Waals surface area contributed by atoms with Gasteiger partial charge in [0.2, 0.25) is 0 Å². The maximum atomic E-state index is 9.79. The summed E-state index contributed by atoms with van der Waals surface area (Å²) >= 11 is 0. The number of ether oxygens (including phenoxy) is 1. The summed E-state index contributed by atoms with van der Waals surface area (Å²) < 4.78 is 5.05. The third kappa shape index (κ3) is 3.27. The molecule has 116 valence electrons. The van der Waals surface area contributed by atoms with Crippen LogP contribution in [-0.4, -0.2) is 25.3 Å². The minimum Gasteiger partial charge on any atom is -0.504 e. The molecular formula is C18H22N2O2. The van der Waals surface area contributed by atoms with Crippen molar-refractivity contribution in [2.45, 2.75) is 19.4 Å². The van der Waals surface area contributed by atoms with Crippen molar-refractivity contribution in [1.82, 2.24) is 0 Å². The number of nitrogens with one attached hydrogen (secondary N) is 1. The number of phenolic OH excluding ortho intramolecular Hbond substituents is 1. The summed E-state index contributed by atoms with van der Waals surface area (Å²) in [6.45, 7) is 3.00.